The number of carboxylic acids is 3. The van der Waals surface area contributed by atoms with Gasteiger partial charge in [0.2, 0.25) is 0 Å². The van der Waals surface area contributed by atoms with Crippen LogP contribution in [0.2, 0.25) is 0 Å². The van der Waals surface area contributed by atoms with Gasteiger partial charge in [-0.15, -0.1) is 0 Å². The molecule has 0 heterocycles. The van der Waals surface area contributed by atoms with E-state index in [1.165, 1.54) is 0 Å². The van der Waals surface area contributed by atoms with Gasteiger partial charge in [0.25, 0.3) is 0 Å². The zero-order chi connectivity index (χ0) is 12.6. The van der Waals surface area contributed by atoms with E-state index in [0.29, 0.717) is 0 Å². The Balaban J connectivity index is 0. The van der Waals surface area contributed by atoms with Gasteiger partial charge < -0.3 is 20.4 Å². The van der Waals surface area contributed by atoms with Crippen LogP contribution >= 0.6 is 9.19 Å². The van der Waals surface area contributed by atoms with Crippen molar-refractivity contribution in [1.82, 2.24) is 0 Å². The fourth-order valence-electron chi connectivity index (χ4n) is 0.714. The first kappa shape index (κ1) is 16.8. The molecule has 0 bridgehead atoms. The van der Waals surface area contributed by atoms with Crippen molar-refractivity contribution in [1.29, 1.82) is 0 Å². The molecule has 0 aromatic carbocycles. The summed E-state index contributed by atoms with van der Waals surface area (Å²) in [6.45, 7) is 0. The van der Waals surface area contributed by atoms with Gasteiger partial charge in [0.15, 0.2) is 5.60 Å². The fraction of sp³-hybridized carbons (Fsp3) is 0.500. The third-order valence-electron chi connectivity index (χ3n) is 1.29. The van der Waals surface area contributed by atoms with E-state index in [2.05, 4.69) is 29.2 Å². The number of aliphatic carboxylic acids is 3. The summed E-state index contributed by atoms with van der Waals surface area (Å²) in [7, 11) is 4.45. The van der Waals surface area contributed by atoms with E-state index < -0.39 is 36.4 Å². The molecule has 7 nitrogen and oxygen atoms in total. The Morgan fingerprint density at radius 2 is 1.27 bits per heavy atom. The molecule has 0 atom stereocenters. The molecule has 15 heavy (non-hydrogen) atoms. The van der Waals surface area contributed by atoms with Crippen LogP contribution in [0.4, 0.5) is 0 Å². The molecule has 0 aromatic heterocycles. The number of hydrogen-bond donors (Lipinski definition) is 4. The first-order chi connectivity index (χ1) is 6.78. The number of aliphatic hydroxyl groups is 1. The van der Waals surface area contributed by atoms with Crippen molar-refractivity contribution in [3.63, 3.8) is 0 Å². The molecule has 0 aliphatic heterocycles. The van der Waals surface area contributed by atoms with Crippen LogP contribution in [0.1, 0.15) is 12.8 Å². The molecule has 0 rings (SSSR count). The second kappa shape index (κ2) is 7.66. The average molecular weight is 335 g/mol. The molecular weight excluding hydrogens is 327 g/mol. The maximum atomic E-state index is 10.3. The van der Waals surface area contributed by atoms with E-state index in [1.807, 2.05) is 0 Å². The molecule has 92 valence electrons. The second-order valence-electron chi connectivity index (χ2n) is 2.48. The van der Waals surface area contributed by atoms with Crippen LogP contribution in [-0.2, 0) is 34.4 Å². The zero-order valence-electron chi connectivity index (χ0n) is 7.11. The molecule has 0 radical (unpaired) electrons. The van der Waals surface area contributed by atoms with Crippen LogP contribution in [0.25, 0.3) is 0 Å². The standard InChI is InChI=1S/C6H8O7.Ag.ClH/c7-3(8)1-6(13,5(11)12)2-4(9)10;;/h13H,1-2H2,(H,7,8)(H,9,10)(H,11,12);;1H/q;+1;/p-1. The van der Waals surface area contributed by atoms with Gasteiger partial charge in [0, 0.05) is 0 Å². The number of carbonyl (C=O) groups is 3. The predicted octanol–water partition coefficient (Wildman–Crippen LogP) is -0.561. The molecule has 0 aliphatic carbocycles. The van der Waals surface area contributed by atoms with E-state index in [9.17, 15) is 14.4 Å². The summed E-state index contributed by atoms with van der Waals surface area (Å²) in [6.07, 6.45) is -2.29. The summed E-state index contributed by atoms with van der Waals surface area (Å²) in [4.78, 5) is 30.5. The SMILES string of the molecule is O=C(O)CC(O)(CC(=O)O)C(=O)O.[Cl][Ag]. The van der Waals surface area contributed by atoms with Crippen molar-refractivity contribution in [3.8, 4) is 0 Å². The predicted molar refractivity (Wildman–Crippen MR) is 42.9 cm³/mol. The summed E-state index contributed by atoms with van der Waals surface area (Å²) in [5, 5.41) is 33.8. The van der Waals surface area contributed by atoms with Crippen LogP contribution in [-0.4, -0.2) is 43.9 Å². The van der Waals surface area contributed by atoms with Crippen LogP contribution < -0.4 is 0 Å². The Kier molecular flexibility index (Phi) is 8.59. The van der Waals surface area contributed by atoms with Gasteiger partial charge in [-0.2, -0.15) is 0 Å². The number of hydrogen-bond acceptors (Lipinski definition) is 4. The number of halogens is 1. The van der Waals surface area contributed by atoms with E-state index in [4.69, 9.17) is 20.4 Å². The molecule has 9 heteroatoms. The molecule has 0 fully saturated rings. The topological polar surface area (TPSA) is 132 Å². The normalized spacial score (nSPS) is 9.87. The molecule has 0 saturated carbocycles. The van der Waals surface area contributed by atoms with Crippen LogP contribution in [0.15, 0.2) is 0 Å². The minimum atomic E-state index is -2.74. The Bertz CT molecular complexity index is 238. The summed E-state index contributed by atoms with van der Waals surface area (Å²) in [5.74, 6) is -5.02. The minimum absolute atomic E-state index is 1.14. The molecule has 4 N–H and O–H groups in total. The van der Waals surface area contributed by atoms with Gasteiger partial charge in [-0.25, -0.2) is 4.79 Å². The third-order valence-corrected chi connectivity index (χ3v) is 1.29. The van der Waals surface area contributed by atoms with Gasteiger partial charge in [0.1, 0.15) is 0 Å². The number of rotatable bonds is 5. The molecule has 0 spiro atoms. The molecular formula is C6H8AgClO7. The zero-order valence-corrected chi connectivity index (χ0v) is 9.35. The Morgan fingerprint density at radius 3 is 1.40 bits per heavy atom. The van der Waals surface area contributed by atoms with Gasteiger partial charge in [-0.05, 0) is 0 Å². The van der Waals surface area contributed by atoms with Gasteiger partial charge >= 0.3 is 47.1 Å². The summed E-state index contributed by atoms with van der Waals surface area (Å²) >= 11 is 2.42. The van der Waals surface area contributed by atoms with Gasteiger partial charge in [-0.1, -0.05) is 0 Å². The van der Waals surface area contributed by atoms with Crippen LogP contribution in [0.5, 0.6) is 0 Å². The van der Waals surface area contributed by atoms with Crippen molar-refractivity contribution in [2.24, 2.45) is 0 Å². The molecule has 0 saturated heterocycles. The van der Waals surface area contributed by atoms with E-state index in [-0.39, 0.29) is 0 Å². The third kappa shape index (κ3) is 7.34. The quantitative estimate of drug-likeness (QED) is 0.495. The molecule has 0 unspecified atom stereocenters. The van der Waals surface area contributed by atoms with Crippen molar-refractivity contribution in [2.75, 3.05) is 0 Å². The summed E-state index contributed by atoms with van der Waals surface area (Å²) in [6, 6.07) is 0. The van der Waals surface area contributed by atoms with Crippen molar-refractivity contribution in [3.05, 3.63) is 0 Å². The average Bonchev–Trinajstić information content (AvgIpc) is 2.04. The van der Waals surface area contributed by atoms with Crippen LogP contribution in [0, 0.1) is 0 Å². The summed E-state index contributed by atoms with van der Waals surface area (Å²) in [5.41, 5.74) is -2.74. The van der Waals surface area contributed by atoms with E-state index in [1.54, 1.807) is 0 Å². The first-order valence-electron chi connectivity index (χ1n) is 3.28. The number of carboxylic acid groups (broad SMARTS) is 3. The Morgan fingerprint density at radius 1 is 1.00 bits per heavy atom. The van der Waals surface area contributed by atoms with Gasteiger partial charge in [-0.3, -0.25) is 9.59 Å². The van der Waals surface area contributed by atoms with Gasteiger partial charge in [0.05, 0.1) is 12.8 Å². The molecule has 0 amide bonds. The van der Waals surface area contributed by atoms with Crippen LogP contribution in [0.3, 0.4) is 0 Å². The Labute approximate surface area is 100 Å². The first-order valence-corrected chi connectivity index (χ1v) is 5.19. The van der Waals surface area contributed by atoms with Crippen molar-refractivity contribution >= 4 is 27.1 Å². The van der Waals surface area contributed by atoms with Crippen molar-refractivity contribution in [2.45, 2.75) is 18.4 Å². The Hall–Kier alpha value is -0.600. The summed E-state index contributed by atoms with van der Waals surface area (Å²) < 4.78 is 0. The van der Waals surface area contributed by atoms with Crippen molar-refractivity contribution < 1.29 is 54.8 Å². The van der Waals surface area contributed by atoms with E-state index >= 15 is 0 Å². The molecule has 0 aliphatic rings. The monoisotopic (exact) mass is 334 g/mol. The van der Waals surface area contributed by atoms with E-state index in [0.717, 1.165) is 0 Å². The maximum absolute atomic E-state index is 10.3. The fourth-order valence-corrected chi connectivity index (χ4v) is 0.714. The second-order valence-corrected chi connectivity index (χ2v) is 2.48. The molecule has 0 aromatic rings.